The Bertz CT molecular complexity index is 614. The molecule has 0 radical (unpaired) electrons. The number of benzene rings is 1. The molecule has 0 aromatic heterocycles. The summed E-state index contributed by atoms with van der Waals surface area (Å²) in [5, 5.41) is 9.98. The third kappa shape index (κ3) is 4.27. The minimum atomic E-state index is -0.0981. The molecule has 1 aliphatic carbocycles. The van der Waals surface area contributed by atoms with E-state index in [9.17, 15) is 9.90 Å². The van der Waals surface area contributed by atoms with Crippen LogP contribution in [0.25, 0.3) is 0 Å². The summed E-state index contributed by atoms with van der Waals surface area (Å²) in [6, 6.07) is 5.55. The van der Waals surface area contributed by atoms with Crippen molar-refractivity contribution in [2.24, 2.45) is 11.3 Å². The fourth-order valence-electron chi connectivity index (χ4n) is 3.99. The second-order valence-electron chi connectivity index (χ2n) is 7.58. The number of nitrogens with zero attached hydrogens (tertiary/aromatic N) is 1. The number of carbonyl (C=O) groups is 1. The average molecular weight is 347 g/mol. The summed E-state index contributed by atoms with van der Waals surface area (Å²) >= 11 is 0. The van der Waals surface area contributed by atoms with Gasteiger partial charge in [0.15, 0.2) is 0 Å². The van der Waals surface area contributed by atoms with Gasteiger partial charge in [-0.05, 0) is 31.2 Å². The number of ether oxygens (including phenoxy) is 2. The molecular weight excluding hydrogens is 318 g/mol. The quantitative estimate of drug-likeness (QED) is 0.824. The van der Waals surface area contributed by atoms with E-state index in [1.54, 1.807) is 14.2 Å². The molecule has 1 aromatic carbocycles. The van der Waals surface area contributed by atoms with Gasteiger partial charge in [0, 0.05) is 30.1 Å². The van der Waals surface area contributed by atoms with Gasteiger partial charge in [0.25, 0.3) is 0 Å². The maximum Gasteiger partial charge on any atom is 0.227 e. The molecule has 2 aliphatic rings. The van der Waals surface area contributed by atoms with Gasteiger partial charge in [0.05, 0.1) is 27.2 Å². The van der Waals surface area contributed by atoms with Crippen LogP contribution >= 0.6 is 0 Å². The first-order valence-corrected chi connectivity index (χ1v) is 9.19. The average Bonchev–Trinajstić information content (AvgIpc) is 3.46. The van der Waals surface area contributed by atoms with Gasteiger partial charge >= 0.3 is 0 Å². The fourth-order valence-corrected chi connectivity index (χ4v) is 3.99. The van der Waals surface area contributed by atoms with Gasteiger partial charge in [-0.3, -0.25) is 4.79 Å². The minimum Gasteiger partial charge on any atom is -0.497 e. The van der Waals surface area contributed by atoms with Gasteiger partial charge < -0.3 is 19.5 Å². The molecule has 0 spiro atoms. The second kappa shape index (κ2) is 7.65. The number of piperidine rings is 1. The summed E-state index contributed by atoms with van der Waals surface area (Å²) in [5.41, 5.74) is 0.773. The molecule has 1 saturated carbocycles. The number of aliphatic hydroxyl groups excluding tert-OH is 1. The van der Waals surface area contributed by atoms with E-state index < -0.39 is 0 Å². The number of aliphatic hydroxyl groups is 1. The summed E-state index contributed by atoms with van der Waals surface area (Å²) in [4.78, 5) is 14.8. The van der Waals surface area contributed by atoms with Crippen LogP contribution in [0.5, 0.6) is 11.5 Å². The molecule has 25 heavy (non-hydrogen) atoms. The molecule has 138 valence electrons. The molecule has 1 aliphatic heterocycles. The molecule has 2 fully saturated rings. The van der Waals surface area contributed by atoms with Crippen LogP contribution in [0.15, 0.2) is 18.2 Å². The zero-order valence-electron chi connectivity index (χ0n) is 15.3. The Hall–Kier alpha value is -1.75. The van der Waals surface area contributed by atoms with Gasteiger partial charge in [-0.1, -0.05) is 18.9 Å². The lowest BCUT2D eigenvalue weighted by Gasteiger charge is -2.42. The third-order valence-corrected chi connectivity index (χ3v) is 5.60. The first kappa shape index (κ1) is 18.1. The molecule has 1 heterocycles. The summed E-state index contributed by atoms with van der Waals surface area (Å²) in [7, 11) is 3.22. The number of hydrogen-bond acceptors (Lipinski definition) is 4. The smallest absolute Gasteiger partial charge is 0.227 e. The van der Waals surface area contributed by atoms with Crippen LogP contribution in [0.2, 0.25) is 0 Å². The van der Waals surface area contributed by atoms with Gasteiger partial charge in [-0.25, -0.2) is 0 Å². The van der Waals surface area contributed by atoms with Gasteiger partial charge in [0.2, 0.25) is 5.91 Å². The number of methoxy groups -OCH3 is 2. The van der Waals surface area contributed by atoms with Crippen LogP contribution in [0, 0.1) is 11.3 Å². The number of hydrogen-bond donors (Lipinski definition) is 1. The van der Waals surface area contributed by atoms with E-state index in [0.717, 1.165) is 43.0 Å². The van der Waals surface area contributed by atoms with Crippen LogP contribution in [0.1, 0.15) is 37.7 Å². The van der Waals surface area contributed by atoms with Crippen LogP contribution in [0.3, 0.4) is 0 Å². The molecule has 1 atom stereocenters. The molecule has 5 heteroatoms. The lowest BCUT2D eigenvalue weighted by atomic mass is 9.76. The molecule has 1 aromatic rings. The zero-order valence-corrected chi connectivity index (χ0v) is 15.3. The van der Waals surface area contributed by atoms with Gasteiger partial charge in [-0.2, -0.15) is 0 Å². The van der Waals surface area contributed by atoms with Crippen molar-refractivity contribution in [3.05, 3.63) is 23.8 Å². The Morgan fingerprint density at radius 2 is 2.12 bits per heavy atom. The Labute approximate surface area is 149 Å². The van der Waals surface area contributed by atoms with E-state index >= 15 is 0 Å². The Morgan fingerprint density at radius 1 is 1.32 bits per heavy atom. The lowest BCUT2D eigenvalue weighted by Crippen LogP contribution is -2.48. The molecular formula is C20H29NO4. The number of rotatable bonds is 7. The lowest BCUT2D eigenvalue weighted by molar-refractivity contribution is -0.135. The van der Waals surface area contributed by atoms with Gasteiger partial charge in [0.1, 0.15) is 11.5 Å². The highest BCUT2D eigenvalue weighted by Gasteiger charge is 2.40. The van der Waals surface area contributed by atoms with Crippen LogP contribution in [-0.4, -0.2) is 49.8 Å². The van der Waals surface area contributed by atoms with E-state index in [4.69, 9.17) is 9.47 Å². The normalized spacial score (nSPS) is 23.4. The standard InChI is InChI=1S/C20H29NO4/c1-24-17-7-6-16(18(11-17)25-2)10-19(23)21-9-3-8-20(13-21,14-22)12-15-4-5-15/h6-7,11,15,22H,3-5,8-10,12-14H2,1-2H3/t20-/m0/s1. The van der Waals surface area contributed by atoms with E-state index in [1.807, 2.05) is 23.1 Å². The summed E-state index contributed by atoms with van der Waals surface area (Å²) in [6.07, 6.45) is 5.92. The number of amides is 1. The second-order valence-corrected chi connectivity index (χ2v) is 7.58. The Morgan fingerprint density at radius 3 is 2.76 bits per heavy atom. The molecule has 1 N–H and O–H groups in total. The summed E-state index contributed by atoms with van der Waals surface area (Å²) in [6.45, 7) is 1.64. The van der Waals surface area contributed by atoms with Crippen LogP contribution < -0.4 is 9.47 Å². The molecule has 1 saturated heterocycles. The largest absolute Gasteiger partial charge is 0.497 e. The van der Waals surface area contributed by atoms with Crippen molar-refractivity contribution in [1.29, 1.82) is 0 Å². The first-order chi connectivity index (χ1) is 12.1. The topological polar surface area (TPSA) is 59.0 Å². The summed E-state index contributed by atoms with van der Waals surface area (Å²) < 4.78 is 10.6. The van der Waals surface area contributed by atoms with Crippen molar-refractivity contribution in [3.63, 3.8) is 0 Å². The van der Waals surface area contributed by atoms with Crippen molar-refractivity contribution in [2.75, 3.05) is 33.9 Å². The Kier molecular flexibility index (Phi) is 5.52. The first-order valence-electron chi connectivity index (χ1n) is 9.19. The third-order valence-electron chi connectivity index (χ3n) is 5.60. The Balaban J connectivity index is 1.68. The predicted octanol–water partition coefficient (Wildman–Crippen LogP) is 2.65. The minimum absolute atomic E-state index is 0.0981. The van der Waals surface area contributed by atoms with Crippen molar-refractivity contribution in [3.8, 4) is 11.5 Å². The maximum absolute atomic E-state index is 12.9. The fraction of sp³-hybridized carbons (Fsp3) is 0.650. The van der Waals surface area contributed by atoms with Crippen molar-refractivity contribution in [2.45, 2.75) is 38.5 Å². The van der Waals surface area contributed by atoms with Crippen LogP contribution in [-0.2, 0) is 11.2 Å². The van der Waals surface area contributed by atoms with Crippen molar-refractivity contribution in [1.82, 2.24) is 4.90 Å². The van der Waals surface area contributed by atoms with Crippen molar-refractivity contribution >= 4 is 5.91 Å². The van der Waals surface area contributed by atoms with Crippen molar-refractivity contribution < 1.29 is 19.4 Å². The summed E-state index contributed by atoms with van der Waals surface area (Å²) in [5.74, 6) is 2.26. The van der Waals surface area contributed by atoms with E-state index in [2.05, 4.69) is 0 Å². The molecule has 3 rings (SSSR count). The van der Waals surface area contributed by atoms with Crippen LogP contribution in [0.4, 0.5) is 0 Å². The highest BCUT2D eigenvalue weighted by atomic mass is 16.5. The zero-order chi connectivity index (χ0) is 17.9. The number of likely N-dealkylation sites (tertiary alicyclic amines) is 1. The van der Waals surface area contributed by atoms with E-state index in [0.29, 0.717) is 18.7 Å². The highest BCUT2D eigenvalue weighted by Crippen LogP contribution is 2.44. The molecule has 1 amide bonds. The highest BCUT2D eigenvalue weighted by molar-refractivity contribution is 5.79. The van der Waals surface area contributed by atoms with E-state index in [1.165, 1.54) is 12.8 Å². The van der Waals surface area contributed by atoms with Gasteiger partial charge in [-0.15, -0.1) is 0 Å². The molecule has 0 bridgehead atoms. The molecule has 5 nitrogen and oxygen atoms in total. The number of carbonyl (C=O) groups excluding carboxylic acids is 1. The molecule has 0 unspecified atom stereocenters. The predicted molar refractivity (Wildman–Crippen MR) is 95.9 cm³/mol. The van der Waals surface area contributed by atoms with E-state index in [-0.39, 0.29) is 17.9 Å². The maximum atomic E-state index is 12.9. The monoisotopic (exact) mass is 347 g/mol. The SMILES string of the molecule is COc1ccc(CC(=O)N2CCC[C@](CO)(CC3CC3)C2)c(OC)c1.